The Morgan fingerprint density at radius 2 is 1.56 bits per heavy atom. The summed E-state index contributed by atoms with van der Waals surface area (Å²) >= 11 is 5.93. The second-order valence-electron chi connectivity index (χ2n) is 6.04. The zero-order valence-electron chi connectivity index (χ0n) is 14.2. The van der Waals surface area contributed by atoms with Crippen LogP contribution in [0.2, 0.25) is 5.02 Å². The third-order valence-electron chi connectivity index (χ3n) is 4.17. The number of amidine groups is 1. The molecule has 5 heteroatoms. The fraction of sp³-hybridized carbons (Fsp3) is 0. The van der Waals surface area contributed by atoms with E-state index in [0.29, 0.717) is 22.2 Å². The van der Waals surface area contributed by atoms with Crippen LogP contribution in [0.1, 0.15) is 11.1 Å². The summed E-state index contributed by atoms with van der Waals surface area (Å²) in [6, 6.07) is 23.2. The van der Waals surface area contributed by atoms with E-state index in [1.165, 1.54) is 0 Å². The lowest BCUT2D eigenvalue weighted by atomic mass is 10.1. The van der Waals surface area contributed by atoms with E-state index in [1.807, 2.05) is 42.5 Å². The van der Waals surface area contributed by atoms with Gasteiger partial charge in [-0.05, 0) is 48.0 Å². The van der Waals surface area contributed by atoms with Crippen LogP contribution in [0.5, 0.6) is 5.75 Å². The largest absolute Gasteiger partial charge is 0.508 e. The SMILES string of the molecule is O=C1/C(=C\c2ccc(Cl)cc2)N=C(c2ccccc2)N1c1ccc(O)cc1. The van der Waals surface area contributed by atoms with Gasteiger partial charge in [0.05, 0.1) is 5.69 Å². The van der Waals surface area contributed by atoms with Crippen molar-refractivity contribution < 1.29 is 9.90 Å². The first-order chi connectivity index (χ1) is 13.1. The maximum atomic E-state index is 13.1. The van der Waals surface area contributed by atoms with Crippen LogP contribution in [0.4, 0.5) is 5.69 Å². The first-order valence-corrected chi connectivity index (χ1v) is 8.74. The van der Waals surface area contributed by atoms with E-state index in [4.69, 9.17) is 11.6 Å². The van der Waals surface area contributed by atoms with E-state index < -0.39 is 0 Å². The molecule has 0 unspecified atom stereocenters. The quantitative estimate of drug-likeness (QED) is 0.664. The molecule has 1 aliphatic heterocycles. The van der Waals surface area contributed by atoms with Crippen LogP contribution in [0.25, 0.3) is 6.08 Å². The second-order valence-corrected chi connectivity index (χ2v) is 6.48. The summed E-state index contributed by atoms with van der Waals surface area (Å²) in [6.07, 6.45) is 1.74. The number of benzene rings is 3. The Balaban J connectivity index is 1.80. The molecule has 0 aromatic heterocycles. The van der Waals surface area contributed by atoms with Crippen molar-refractivity contribution in [3.05, 3.63) is 101 Å². The molecule has 0 aliphatic carbocycles. The van der Waals surface area contributed by atoms with Crippen LogP contribution in [0.3, 0.4) is 0 Å². The van der Waals surface area contributed by atoms with Gasteiger partial charge >= 0.3 is 0 Å². The molecule has 3 aromatic rings. The van der Waals surface area contributed by atoms with Crippen molar-refractivity contribution in [3.8, 4) is 5.75 Å². The summed E-state index contributed by atoms with van der Waals surface area (Å²) in [5, 5.41) is 10.2. The van der Waals surface area contributed by atoms with Crippen molar-refractivity contribution in [3.63, 3.8) is 0 Å². The lowest BCUT2D eigenvalue weighted by Crippen LogP contribution is -2.32. The molecule has 0 saturated heterocycles. The molecule has 0 saturated carbocycles. The zero-order valence-corrected chi connectivity index (χ0v) is 15.0. The summed E-state index contributed by atoms with van der Waals surface area (Å²) in [5.41, 5.74) is 2.65. The molecule has 3 aromatic carbocycles. The van der Waals surface area contributed by atoms with Gasteiger partial charge in [0.1, 0.15) is 17.3 Å². The fourth-order valence-corrected chi connectivity index (χ4v) is 2.98. The Labute approximate surface area is 161 Å². The summed E-state index contributed by atoms with van der Waals surface area (Å²) < 4.78 is 0. The van der Waals surface area contributed by atoms with Gasteiger partial charge in [0.15, 0.2) is 0 Å². The van der Waals surface area contributed by atoms with Gasteiger partial charge in [-0.3, -0.25) is 9.69 Å². The second kappa shape index (κ2) is 7.09. The molecule has 4 nitrogen and oxygen atoms in total. The molecule has 0 radical (unpaired) electrons. The molecule has 27 heavy (non-hydrogen) atoms. The molecule has 1 heterocycles. The number of aliphatic imine (C=N–C) groups is 1. The number of halogens is 1. The minimum absolute atomic E-state index is 0.139. The van der Waals surface area contributed by atoms with Crippen molar-refractivity contribution in [2.45, 2.75) is 0 Å². The van der Waals surface area contributed by atoms with Crippen LogP contribution in [-0.2, 0) is 4.79 Å². The van der Waals surface area contributed by atoms with Crippen molar-refractivity contribution >= 4 is 35.1 Å². The van der Waals surface area contributed by atoms with E-state index in [2.05, 4.69) is 4.99 Å². The molecule has 0 fully saturated rings. The number of amides is 1. The number of phenolic OH excluding ortho intramolecular Hbond substituents is 1. The number of carbonyl (C=O) groups is 1. The molecule has 1 aliphatic rings. The third kappa shape index (κ3) is 3.48. The van der Waals surface area contributed by atoms with Crippen molar-refractivity contribution in [2.75, 3.05) is 4.90 Å². The maximum absolute atomic E-state index is 13.1. The van der Waals surface area contributed by atoms with Crippen LogP contribution in [0, 0.1) is 0 Å². The number of nitrogens with zero attached hydrogens (tertiary/aromatic N) is 2. The van der Waals surface area contributed by atoms with Gasteiger partial charge in [-0.2, -0.15) is 0 Å². The number of rotatable bonds is 3. The molecule has 1 amide bonds. The number of hydrogen-bond donors (Lipinski definition) is 1. The molecule has 4 rings (SSSR count). The number of anilines is 1. The van der Waals surface area contributed by atoms with Gasteiger partial charge in [0, 0.05) is 10.6 Å². The van der Waals surface area contributed by atoms with Gasteiger partial charge in [0.25, 0.3) is 5.91 Å². The minimum atomic E-state index is -0.227. The predicted molar refractivity (Wildman–Crippen MR) is 108 cm³/mol. The summed E-state index contributed by atoms with van der Waals surface area (Å²) in [7, 11) is 0. The van der Waals surface area contributed by atoms with E-state index in [9.17, 15) is 9.90 Å². The van der Waals surface area contributed by atoms with Gasteiger partial charge < -0.3 is 5.11 Å². The van der Waals surface area contributed by atoms with E-state index in [-0.39, 0.29) is 11.7 Å². The standard InChI is InChI=1S/C22H15ClN2O2/c23-17-8-6-15(7-9-17)14-20-22(27)25(18-10-12-19(26)13-11-18)21(24-20)16-4-2-1-3-5-16/h1-14,26H/b20-14+. The van der Waals surface area contributed by atoms with E-state index in [0.717, 1.165) is 11.1 Å². The maximum Gasteiger partial charge on any atom is 0.282 e. The van der Waals surface area contributed by atoms with Gasteiger partial charge in [-0.15, -0.1) is 0 Å². The molecule has 0 atom stereocenters. The lowest BCUT2D eigenvalue weighted by Gasteiger charge is -2.18. The molecule has 132 valence electrons. The van der Waals surface area contributed by atoms with Crippen LogP contribution < -0.4 is 4.90 Å². The van der Waals surface area contributed by atoms with Crippen molar-refractivity contribution in [1.82, 2.24) is 0 Å². The van der Waals surface area contributed by atoms with Gasteiger partial charge in [0.2, 0.25) is 0 Å². The van der Waals surface area contributed by atoms with Gasteiger partial charge in [-0.1, -0.05) is 54.1 Å². The van der Waals surface area contributed by atoms with E-state index >= 15 is 0 Å². The molecule has 0 bridgehead atoms. The van der Waals surface area contributed by atoms with Crippen LogP contribution in [-0.4, -0.2) is 16.8 Å². The average Bonchev–Trinajstić information content (AvgIpc) is 3.01. The smallest absolute Gasteiger partial charge is 0.282 e. The Kier molecular flexibility index (Phi) is 4.48. The Bertz CT molecular complexity index is 1040. The number of phenols is 1. The zero-order chi connectivity index (χ0) is 18.8. The lowest BCUT2D eigenvalue weighted by molar-refractivity contribution is -0.113. The predicted octanol–water partition coefficient (Wildman–Crippen LogP) is 4.88. The number of aromatic hydroxyl groups is 1. The van der Waals surface area contributed by atoms with Gasteiger partial charge in [-0.25, -0.2) is 4.99 Å². The topological polar surface area (TPSA) is 52.9 Å². The molecule has 0 spiro atoms. The summed E-state index contributed by atoms with van der Waals surface area (Å²) in [4.78, 5) is 19.2. The normalized spacial score (nSPS) is 15.3. The van der Waals surface area contributed by atoms with Crippen molar-refractivity contribution in [2.24, 2.45) is 4.99 Å². The number of hydrogen-bond acceptors (Lipinski definition) is 3. The molecular formula is C22H15ClN2O2. The minimum Gasteiger partial charge on any atom is -0.508 e. The fourth-order valence-electron chi connectivity index (χ4n) is 2.86. The highest BCUT2D eigenvalue weighted by molar-refractivity contribution is 6.33. The molecule has 1 N–H and O–H groups in total. The monoisotopic (exact) mass is 374 g/mol. The Hall–Kier alpha value is -3.37. The Morgan fingerprint density at radius 1 is 0.889 bits per heavy atom. The van der Waals surface area contributed by atoms with Crippen LogP contribution in [0.15, 0.2) is 89.6 Å². The first-order valence-electron chi connectivity index (χ1n) is 8.37. The summed E-state index contributed by atoms with van der Waals surface area (Å²) in [5.74, 6) is 0.460. The third-order valence-corrected chi connectivity index (χ3v) is 4.43. The first kappa shape index (κ1) is 17.1. The highest BCUT2D eigenvalue weighted by Crippen LogP contribution is 2.29. The highest BCUT2D eigenvalue weighted by atomic mass is 35.5. The van der Waals surface area contributed by atoms with E-state index in [1.54, 1.807) is 47.4 Å². The van der Waals surface area contributed by atoms with Crippen molar-refractivity contribution in [1.29, 1.82) is 0 Å². The number of carbonyl (C=O) groups excluding carboxylic acids is 1. The summed E-state index contributed by atoms with van der Waals surface area (Å²) in [6.45, 7) is 0. The van der Waals surface area contributed by atoms with Crippen LogP contribution >= 0.6 is 11.6 Å². The highest BCUT2D eigenvalue weighted by Gasteiger charge is 2.32. The average molecular weight is 375 g/mol. The Morgan fingerprint density at radius 3 is 2.22 bits per heavy atom. The molecular weight excluding hydrogens is 360 g/mol.